The molecule has 0 fully saturated rings. The Balaban J connectivity index is 0.00000324. The first-order chi connectivity index (χ1) is 8.74. The Kier molecular flexibility index (Phi) is 10.6. The highest BCUT2D eigenvalue weighted by atomic mass is 35.5. The van der Waals surface area contributed by atoms with E-state index < -0.39 is 0 Å². The zero-order valence-corrected chi connectivity index (χ0v) is 12.6. The van der Waals surface area contributed by atoms with Crippen molar-refractivity contribution in [2.45, 2.75) is 12.2 Å². The molecule has 3 nitrogen and oxygen atoms in total. The summed E-state index contributed by atoms with van der Waals surface area (Å²) in [6.45, 7) is 1.32. The summed E-state index contributed by atoms with van der Waals surface area (Å²) in [6, 6.07) is 6.77. The second kappa shape index (κ2) is 11.1. The Morgan fingerprint density at radius 3 is 2.74 bits per heavy atom. The second-order valence-electron chi connectivity index (χ2n) is 3.85. The maximum Gasteiger partial charge on any atom is 0.221 e. The van der Waals surface area contributed by atoms with Crippen LogP contribution in [0, 0.1) is 5.82 Å². The lowest BCUT2D eigenvalue weighted by atomic mass is 10.2. The fourth-order valence-electron chi connectivity index (χ4n) is 1.39. The molecule has 0 saturated carbocycles. The van der Waals surface area contributed by atoms with Gasteiger partial charge >= 0.3 is 0 Å². The van der Waals surface area contributed by atoms with Gasteiger partial charge in [0.2, 0.25) is 5.91 Å². The maximum absolute atomic E-state index is 13.3. The summed E-state index contributed by atoms with van der Waals surface area (Å²) in [5.41, 5.74) is 0.712. The summed E-state index contributed by atoms with van der Waals surface area (Å²) in [4.78, 5) is 11.3. The molecule has 0 aliphatic carbocycles. The predicted molar refractivity (Wildman–Crippen MR) is 81.4 cm³/mol. The third-order valence-corrected chi connectivity index (χ3v) is 3.39. The lowest BCUT2D eigenvalue weighted by molar-refractivity contribution is -0.120. The number of nitrogens with one attached hydrogen (secondary N) is 2. The first-order valence-electron chi connectivity index (χ1n) is 5.96. The normalized spacial score (nSPS) is 9.79. The van der Waals surface area contributed by atoms with E-state index in [1.807, 2.05) is 13.1 Å². The molecule has 0 radical (unpaired) electrons. The van der Waals surface area contributed by atoms with E-state index in [0.717, 1.165) is 5.75 Å². The quantitative estimate of drug-likeness (QED) is 0.724. The number of rotatable bonds is 8. The van der Waals surface area contributed by atoms with Crippen LogP contribution in [0.1, 0.15) is 12.0 Å². The number of amides is 1. The average molecular weight is 307 g/mol. The molecule has 108 valence electrons. The van der Waals surface area contributed by atoms with Crippen molar-refractivity contribution in [1.29, 1.82) is 0 Å². The topological polar surface area (TPSA) is 41.1 Å². The molecule has 0 spiro atoms. The Bertz CT molecular complexity index is 379. The molecular weight excluding hydrogens is 287 g/mol. The molecule has 1 aromatic rings. The van der Waals surface area contributed by atoms with Crippen molar-refractivity contribution in [2.24, 2.45) is 0 Å². The highest BCUT2D eigenvalue weighted by Gasteiger charge is 2.01. The summed E-state index contributed by atoms with van der Waals surface area (Å²) in [6.07, 6.45) is 0.495. The molecule has 2 N–H and O–H groups in total. The van der Waals surface area contributed by atoms with Crippen LogP contribution in [-0.4, -0.2) is 31.8 Å². The number of benzene rings is 1. The third kappa shape index (κ3) is 8.08. The highest BCUT2D eigenvalue weighted by Crippen LogP contribution is 2.14. The molecule has 0 saturated heterocycles. The van der Waals surface area contributed by atoms with Gasteiger partial charge in [-0.15, -0.1) is 12.4 Å². The van der Waals surface area contributed by atoms with Crippen LogP contribution in [0.2, 0.25) is 0 Å². The Morgan fingerprint density at radius 1 is 1.32 bits per heavy atom. The highest BCUT2D eigenvalue weighted by molar-refractivity contribution is 7.98. The van der Waals surface area contributed by atoms with Crippen LogP contribution in [0.15, 0.2) is 24.3 Å². The van der Waals surface area contributed by atoms with Crippen molar-refractivity contribution < 1.29 is 9.18 Å². The molecule has 0 aliphatic rings. The lowest BCUT2D eigenvalue weighted by Gasteiger charge is -2.05. The number of hydrogen-bond acceptors (Lipinski definition) is 3. The van der Waals surface area contributed by atoms with Crippen LogP contribution >= 0.6 is 24.2 Å². The van der Waals surface area contributed by atoms with Gasteiger partial charge < -0.3 is 10.6 Å². The molecule has 1 aromatic carbocycles. The van der Waals surface area contributed by atoms with Crippen molar-refractivity contribution in [3.8, 4) is 0 Å². The van der Waals surface area contributed by atoms with E-state index in [0.29, 0.717) is 30.8 Å². The number of carbonyl (C=O) groups is 1. The molecule has 0 unspecified atom stereocenters. The van der Waals surface area contributed by atoms with Gasteiger partial charge in [-0.2, -0.15) is 11.8 Å². The molecule has 19 heavy (non-hydrogen) atoms. The van der Waals surface area contributed by atoms with Crippen molar-refractivity contribution in [3.63, 3.8) is 0 Å². The minimum atomic E-state index is -0.164. The lowest BCUT2D eigenvalue weighted by Crippen LogP contribution is -2.28. The summed E-state index contributed by atoms with van der Waals surface area (Å²) in [7, 11) is 1.82. The maximum atomic E-state index is 13.3. The number of thioether (sulfide) groups is 1. The largest absolute Gasteiger partial charge is 0.355 e. The first-order valence-corrected chi connectivity index (χ1v) is 7.12. The van der Waals surface area contributed by atoms with Gasteiger partial charge in [0.15, 0.2) is 0 Å². The van der Waals surface area contributed by atoms with E-state index in [-0.39, 0.29) is 24.1 Å². The van der Waals surface area contributed by atoms with Gasteiger partial charge in [-0.1, -0.05) is 18.2 Å². The van der Waals surface area contributed by atoms with Crippen molar-refractivity contribution in [2.75, 3.05) is 25.9 Å². The van der Waals surface area contributed by atoms with Gasteiger partial charge in [0.1, 0.15) is 5.82 Å². The minimum Gasteiger partial charge on any atom is -0.355 e. The fraction of sp³-hybridized carbons (Fsp3) is 0.462. The molecule has 0 aliphatic heterocycles. The average Bonchev–Trinajstić information content (AvgIpc) is 2.38. The van der Waals surface area contributed by atoms with Gasteiger partial charge in [0.25, 0.3) is 0 Å². The monoisotopic (exact) mass is 306 g/mol. The van der Waals surface area contributed by atoms with E-state index in [1.165, 1.54) is 6.07 Å². The third-order valence-electron chi connectivity index (χ3n) is 2.39. The number of hydrogen-bond donors (Lipinski definition) is 2. The van der Waals surface area contributed by atoms with Crippen LogP contribution in [0.4, 0.5) is 4.39 Å². The van der Waals surface area contributed by atoms with Crippen molar-refractivity contribution in [1.82, 2.24) is 10.6 Å². The van der Waals surface area contributed by atoms with Crippen LogP contribution in [0.25, 0.3) is 0 Å². The summed E-state index contributed by atoms with van der Waals surface area (Å²) in [5.74, 6) is 1.32. The van der Waals surface area contributed by atoms with Gasteiger partial charge in [-0.05, 0) is 18.7 Å². The summed E-state index contributed by atoms with van der Waals surface area (Å²) in [5, 5.41) is 5.75. The molecule has 6 heteroatoms. The summed E-state index contributed by atoms with van der Waals surface area (Å²) < 4.78 is 13.3. The Labute approximate surface area is 124 Å². The first kappa shape index (κ1) is 18.2. The predicted octanol–water partition coefficient (Wildman–Crippen LogP) is 2.21. The van der Waals surface area contributed by atoms with E-state index in [2.05, 4.69) is 10.6 Å². The van der Waals surface area contributed by atoms with Gasteiger partial charge in [0.05, 0.1) is 0 Å². The van der Waals surface area contributed by atoms with Crippen LogP contribution < -0.4 is 10.6 Å². The zero-order valence-electron chi connectivity index (χ0n) is 10.9. The molecule has 1 amide bonds. The van der Waals surface area contributed by atoms with Crippen molar-refractivity contribution in [3.05, 3.63) is 35.6 Å². The van der Waals surface area contributed by atoms with Gasteiger partial charge in [-0.25, -0.2) is 4.39 Å². The molecule has 1 rings (SSSR count). The zero-order chi connectivity index (χ0) is 13.2. The van der Waals surface area contributed by atoms with Gasteiger partial charge in [-0.3, -0.25) is 4.79 Å². The van der Waals surface area contributed by atoms with Crippen LogP contribution in [-0.2, 0) is 10.5 Å². The second-order valence-corrected chi connectivity index (χ2v) is 4.95. The molecule has 0 heterocycles. The molecule has 0 atom stereocenters. The Morgan fingerprint density at radius 2 is 2.05 bits per heavy atom. The van der Waals surface area contributed by atoms with Crippen LogP contribution in [0.5, 0.6) is 0 Å². The number of halogens is 2. The molecule has 0 bridgehead atoms. The van der Waals surface area contributed by atoms with E-state index in [9.17, 15) is 9.18 Å². The van der Waals surface area contributed by atoms with E-state index in [4.69, 9.17) is 0 Å². The molecule has 0 aromatic heterocycles. The van der Waals surface area contributed by atoms with Crippen molar-refractivity contribution >= 4 is 30.1 Å². The summed E-state index contributed by atoms with van der Waals surface area (Å²) >= 11 is 1.62. The standard InChI is InChI=1S/C13H19FN2OS.ClH/c1-15-7-6-13(17)16-8-9-18-10-11-4-2-3-5-12(11)14;/h2-5,15H,6-10H2,1H3,(H,16,17);1H. The SMILES string of the molecule is CNCCC(=O)NCCSCc1ccccc1F.Cl. The molecular formula is C13H20ClFN2OS. The Hall–Kier alpha value is -0.780. The van der Waals surface area contributed by atoms with Gasteiger partial charge in [0, 0.05) is 31.0 Å². The minimum absolute atomic E-state index is 0. The van der Waals surface area contributed by atoms with E-state index >= 15 is 0 Å². The van der Waals surface area contributed by atoms with Crippen LogP contribution in [0.3, 0.4) is 0 Å². The smallest absolute Gasteiger partial charge is 0.221 e. The van der Waals surface area contributed by atoms with E-state index in [1.54, 1.807) is 23.9 Å². The number of carbonyl (C=O) groups excluding carboxylic acids is 1. The fourth-order valence-corrected chi connectivity index (χ4v) is 2.23.